The summed E-state index contributed by atoms with van der Waals surface area (Å²) in [4.78, 5) is 11.6. The van der Waals surface area contributed by atoms with E-state index in [0.29, 0.717) is 17.6 Å². The fourth-order valence-electron chi connectivity index (χ4n) is 1.85. The molecule has 0 bridgehead atoms. The first-order valence-electron chi connectivity index (χ1n) is 7.08. The highest BCUT2D eigenvalue weighted by atomic mass is 79.9. The first kappa shape index (κ1) is 17.3. The molecule has 2 rings (SSSR count). The SMILES string of the molecule is Cc1cccc(OCCNC(=O)COc2ccc(Br)cc2F)c1. The first-order chi connectivity index (χ1) is 11.0. The predicted molar refractivity (Wildman–Crippen MR) is 89.3 cm³/mol. The maximum atomic E-state index is 13.5. The normalized spacial score (nSPS) is 10.2. The number of halogens is 2. The Labute approximate surface area is 142 Å². The third-order valence-corrected chi connectivity index (χ3v) is 3.43. The molecule has 122 valence electrons. The standard InChI is InChI=1S/C17H17BrFNO3/c1-12-3-2-4-14(9-12)22-8-7-20-17(21)11-23-16-6-5-13(18)10-15(16)19/h2-6,9-10H,7-8,11H2,1H3,(H,20,21). The molecule has 0 aliphatic carbocycles. The number of aryl methyl sites for hydroxylation is 1. The molecule has 1 N–H and O–H groups in total. The molecule has 23 heavy (non-hydrogen) atoms. The van der Waals surface area contributed by atoms with Gasteiger partial charge in [-0.3, -0.25) is 4.79 Å². The molecular formula is C17H17BrFNO3. The molecule has 0 unspecified atom stereocenters. The Kier molecular flexibility index (Phi) is 6.40. The van der Waals surface area contributed by atoms with Crippen molar-refractivity contribution in [3.05, 3.63) is 58.3 Å². The molecule has 4 nitrogen and oxygen atoms in total. The van der Waals surface area contributed by atoms with E-state index >= 15 is 0 Å². The number of hydrogen-bond acceptors (Lipinski definition) is 3. The van der Waals surface area contributed by atoms with Gasteiger partial charge in [0.05, 0.1) is 6.54 Å². The zero-order valence-corrected chi connectivity index (χ0v) is 14.2. The number of benzene rings is 2. The van der Waals surface area contributed by atoms with E-state index in [2.05, 4.69) is 21.2 Å². The second-order valence-corrected chi connectivity index (χ2v) is 5.79. The number of carbonyl (C=O) groups is 1. The third-order valence-electron chi connectivity index (χ3n) is 2.94. The number of amides is 1. The smallest absolute Gasteiger partial charge is 0.258 e. The minimum Gasteiger partial charge on any atom is -0.492 e. The van der Waals surface area contributed by atoms with Crippen LogP contribution in [0.3, 0.4) is 0 Å². The topological polar surface area (TPSA) is 47.6 Å². The van der Waals surface area contributed by atoms with Gasteiger partial charge in [-0.2, -0.15) is 0 Å². The Hall–Kier alpha value is -2.08. The third kappa shape index (κ3) is 5.90. The van der Waals surface area contributed by atoms with Gasteiger partial charge in [0, 0.05) is 4.47 Å². The molecule has 0 radical (unpaired) electrons. The molecule has 0 fully saturated rings. The summed E-state index contributed by atoms with van der Waals surface area (Å²) in [5.41, 5.74) is 1.11. The van der Waals surface area contributed by atoms with Crippen LogP contribution >= 0.6 is 15.9 Å². The molecule has 0 aliphatic rings. The van der Waals surface area contributed by atoms with E-state index in [9.17, 15) is 9.18 Å². The quantitative estimate of drug-likeness (QED) is 0.746. The van der Waals surface area contributed by atoms with Gasteiger partial charge in [-0.15, -0.1) is 0 Å². The minimum atomic E-state index is -0.519. The summed E-state index contributed by atoms with van der Waals surface area (Å²) in [5, 5.41) is 2.65. The molecule has 0 saturated heterocycles. The molecular weight excluding hydrogens is 365 g/mol. The summed E-state index contributed by atoms with van der Waals surface area (Å²) in [6.07, 6.45) is 0. The minimum absolute atomic E-state index is 0.0411. The fraction of sp³-hybridized carbons (Fsp3) is 0.235. The second-order valence-electron chi connectivity index (χ2n) is 4.88. The lowest BCUT2D eigenvalue weighted by molar-refractivity contribution is -0.123. The van der Waals surface area contributed by atoms with E-state index in [1.54, 1.807) is 6.07 Å². The van der Waals surface area contributed by atoms with Crippen molar-refractivity contribution in [3.63, 3.8) is 0 Å². The van der Waals surface area contributed by atoms with Crippen molar-refractivity contribution in [2.75, 3.05) is 19.8 Å². The van der Waals surface area contributed by atoms with Crippen LogP contribution in [0.25, 0.3) is 0 Å². The van der Waals surface area contributed by atoms with Crippen LogP contribution in [0.4, 0.5) is 4.39 Å². The van der Waals surface area contributed by atoms with E-state index in [1.165, 1.54) is 12.1 Å². The summed E-state index contributed by atoms with van der Waals surface area (Å²) in [7, 11) is 0. The molecule has 0 atom stereocenters. The van der Waals surface area contributed by atoms with E-state index in [4.69, 9.17) is 9.47 Å². The Morgan fingerprint density at radius 2 is 2.04 bits per heavy atom. The Morgan fingerprint density at radius 1 is 1.22 bits per heavy atom. The molecule has 0 heterocycles. The summed E-state index contributed by atoms with van der Waals surface area (Å²) < 4.78 is 24.8. The average molecular weight is 382 g/mol. The number of rotatable bonds is 7. The zero-order chi connectivity index (χ0) is 16.7. The highest BCUT2D eigenvalue weighted by molar-refractivity contribution is 9.10. The molecule has 2 aromatic carbocycles. The van der Waals surface area contributed by atoms with Crippen molar-refractivity contribution in [2.24, 2.45) is 0 Å². The average Bonchev–Trinajstić information content (AvgIpc) is 2.51. The van der Waals surface area contributed by atoms with Crippen LogP contribution < -0.4 is 14.8 Å². The van der Waals surface area contributed by atoms with Crippen LogP contribution in [-0.4, -0.2) is 25.7 Å². The largest absolute Gasteiger partial charge is 0.492 e. The van der Waals surface area contributed by atoms with Crippen molar-refractivity contribution in [3.8, 4) is 11.5 Å². The Morgan fingerprint density at radius 3 is 2.78 bits per heavy atom. The van der Waals surface area contributed by atoms with Gasteiger partial charge in [0.25, 0.3) is 5.91 Å². The van der Waals surface area contributed by atoms with Gasteiger partial charge in [0.15, 0.2) is 18.2 Å². The number of carbonyl (C=O) groups excluding carboxylic acids is 1. The van der Waals surface area contributed by atoms with Gasteiger partial charge in [0.1, 0.15) is 12.4 Å². The zero-order valence-electron chi connectivity index (χ0n) is 12.6. The highest BCUT2D eigenvalue weighted by Crippen LogP contribution is 2.21. The van der Waals surface area contributed by atoms with Crippen molar-refractivity contribution in [1.82, 2.24) is 5.32 Å². The predicted octanol–water partition coefficient (Wildman–Crippen LogP) is 3.47. The Bertz CT molecular complexity index is 679. The van der Waals surface area contributed by atoms with Crippen LogP contribution in [0.2, 0.25) is 0 Å². The monoisotopic (exact) mass is 381 g/mol. The van der Waals surface area contributed by atoms with Gasteiger partial charge in [0.2, 0.25) is 0 Å². The van der Waals surface area contributed by atoms with Crippen molar-refractivity contribution < 1.29 is 18.7 Å². The lowest BCUT2D eigenvalue weighted by atomic mass is 10.2. The first-order valence-corrected chi connectivity index (χ1v) is 7.88. The highest BCUT2D eigenvalue weighted by Gasteiger charge is 2.07. The fourth-order valence-corrected chi connectivity index (χ4v) is 2.18. The second kappa shape index (κ2) is 8.53. The molecule has 0 aromatic heterocycles. The summed E-state index contributed by atoms with van der Waals surface area (Å²) in [6.45, 7) is 2.43. The maximum Gasteiger partial charge on any atom is 0.258 e. The van der Waals surface area contributed by atoms with Crippen molar-refractivity contribution >= 4 is 21.8 Å². The van der Waals surface area contributed by atoms with Crippen LogP contribution in [-0.2, 0) is 4.79 Å². The molecule has 2 aromatic rings. The Balaban J connectivity index is 1.67. The summed E-state index contributed by atoms with van der Waals surface area (Å²) in [6, 6.07) is 12.1. The van der Waals surface area contributed by atoms with Crippen LogP contribution in [0.15, 0.2) is 46.9 Å². The number of nitrogens with one attached hydrogen (secondary N) is 1. The van der Waals surface area contributed by atoms with Crippen molar-refractivity contribution in [2.45, 2.75) is 6.92 Å². The van der Waals surface area contributed by atoms with Gasteiger partial charge >= 0.3 is 0 Å². The van der Waals surface area contributed by atoms with E-state index in [1.807, 2.05) is 31.2 Å². The molecule has 0 spiro atoms. The maximum absolute atomic E-state index is 13.5. The van der Waals surface area contributed by atoms with Crippen LogP contribution in [0.1, 0.15) is 5.56 Å². The molecule has 6 heteroatoms. The number of ether oxygens (including phenoxy) is 2. The van der Waals surface area contributed by atoms with E-state index in [-0.39, 0.29) is 18.3 Å². The van der Waals surface area contributed by atoms with E-state index < -0.39 is 5.82 Å². The van der Waals surface area contributed by atoms with Crippen molar-refractivity contribution in [1.29, 1.82) is 0 Å². The number of hydrogen-bond donors (Lipinski definition) is 1. The molecule has 0 saturated carbocycles. The van der Waals surface area contributed by atoms with Crippen LogP contribution in [0.5, 0.6) is 11.5 Å². The van der Waals surface area contributed by atoms with Gasteiger partial charge in [-0.05, 0) is 42.8 Å². The lowest BCUT2D eigenvalue weighted by Crippen LogP contribution is -2.32. The van der Waals surface area contributed by atoms with Gasteiger partial charge < -0.3 is 14.8 Å². The van der Waals surface area contributed by atoms with Crippen LogP contribution in [0, 0.1) is 12.7 Å². The molecule has 0 aliphatic heterocycles. The van der Waals surface area contributed by atoms with Gasteiger partial charge in [-0.25, -0.2) is 4.39 Å². The lowest BCUT2D eigenvalue weighted by Gasteiger charge is -2.09. The van der Waals surface area contributed by atoms with Gasteiger partial charge in [-0.1, -0.05) is 28.1 Å². The summed E-state index contributed by atoms with van der Waals surface area (Å²) in [5.74, 6) is -0.0538. The molecule has 1 amide bonds. The summed E-state index contributed by atoms with van der Waals surface area (Å²) >= 11 is 3.15. The van der Waals surface area contributed by atoms with E-state index in [0.717, 1.165) is 11.3 Å².